The van der Waals surface area contributed by atoms with Gasteiger partial charge < -0.3 is 0 Å². The Bertz CT molecular complexity index is 19.3. The van der Waals surface area contributed by atoms with E-state index < -0.39 is 19.8 Å². The minimum absolute atomic E-state index is 0.543. The molecule has 0 unspecified atom stereocenters. The van der Waals surface area contributed by atoms with Crippen molar-refractivity contribution in [1.29, 1.82) is 0 Å². The fraction of sp³-hybridized carbons (Fsp3) is 1.00. The molecule has 0 heterocycles. The molecule has 0 amide bonds. The number of hydrogen-bond acceptors (Lipinski definition) is 0. The predicted molar refractivity (Wildman–Crippen MR) is 40.8 cm³/mol. The topological polar surface area (TPSA) is 0 Å². The second kappa shape index (κ2) is 10.1. The van der Waals surface area contributed by atoms with Gasteiger partial charge in [-0.25, -0.2) is 0 Å². The Morgan fingerprint density at radius 3 is 1.00 bits per heavy atom. The Morgan fingerprint density at radius 1 is 1.00 bits per heavy atom. The van der Waals surface area contributed by atoms with Crippen LogP contribution in [0.1, 0.15) is 0 Å². The molecule has 0 aromatic heterocycles. The summed E-state index contributed by atoms with van der Waals surface area (Å²) in [6, 6.07) is 0. The van der Waals surface area contributed by atoms with Crippen molar-refractivity contribution >= 4 is 29.3 Å². The second-order valence-corrected chi connectivity index (χ2v) is 11.6. The van der Waals surface area contributed by atoms with Gasteiger partial charge in [-0.2, -0.15) is 0 Å². The molecule has 0 saturated heterocycles. The molecule has 0 rings (SSSR count). The maximum absolute atomic E-state index is 2.36. The third kappa shape index (κ3) is 171. The van der Waals surface area contributed by atoms with Crippen LogP contribution in [0.4, 0.5) is 0 Å². The fourth-order valence-corrected chi connectivity index (χ4v) is 0. The summed E-state index contributed by atoms with van der Waals surface area (Å²) >= 11 is -0.543. The van der Waals surface area contributed by atoms with Crippen LogP contribution in [-0.4, -0.2) is 29.3 Å². The van der Waals surface area contributed by atoms with Crippen LogP contribution in [0.5, 0.6) is 0 Å². The van der Waals surface area contributed by atoms with E-state index >= 15 is 0 Å². The van der Waals surface area contributed by atoms with E-state index in [1.807, 2.05) is 0 Å². The monoisotopic (exact) mass is 223 g/mol. The zero-order valence-electron chi connectivity index (χ0n) is 6.00. The molecular weight excluding hydrogens is 207 g/mol. The van der Waals surface area contributed by atoms with Gasteiger partial charge in [-0.05, 0) is 0 Å². The molecule has 7 heavy (non-hydrogen) atoms. The van der Waals surface area contributed by atoms with Gasteiger partial charge in [0.2, 0.25) is 0 Å². The first kappa shape index (κ1) is 10.9. The molecule has 0 aliphatic carbocycles. The summed E-state index contributed by atoms with van der Waals surface area (Å²) in [6.45, 7) is 4.31. The van der Waals surface area contributed by atoms with Crippen LogP contribution in [0.3, 0.4) is 0 Å². The van der Waals surface area contributed by atoms with Crippen molar-refractivity contribution in [2.24, 2.45) is 0 Å². The van der Waals surface area contributed by atoms with Crippen LogP contribution in [-0.2, 0) is 0 Å². The maximum atomic E-state index is 2.36. The molecule has 43 valence electrons. The van der Waals surface area contributed by atoms with Crippen molar-refractivity contribution in [2.75, 3.05) is 0 Å². The molecule has 0 aromatic rings. The number of hydrogen-bond donors (Lipinski definition) is 0. The van der Waals surface area contributed by atoms with E-state index in [1.54, 1.807) is 0 Å². The third-order valence-corrected chi connectivity index (χ3v) is 0. The first-order valence-electron chi connectivity index (χ1n) is 2.50. The zero-order valence-corrected chi connectivity index (χ0v) is 9.85. The van der Waals surface area contributed by atoms with Gasteiger partial charge in [0.15, 0.2) is 0 Å². The first-order valence-corrected chi connectivity index (χ1v) is 13.1. The molecule has 0 spiro atoms. The van der Waals surface area contributed by atoms with Crippen LogP contribution in [0.15, 0.2) is 0 Å². The molecule has 0 bridgehead atoms. The van der Waals surface area contributed by atoms with Crippen molar-refractivity contribution < 1.29 is 0 Å². The van der Waals surface area contributed by atoms with Gasteiger partial charge in [0.05, 0.1) is 0 Å². The van der Waals surface area contributed by atoms with Gasteiger partial charge in [-0.15, -0.1) is 0 Å². The average Bonchev–Trinajstić information content (AvgIpc) is 1.33. The van der Waals surface area contributed by atoms with Gasteiger partial charge in [0.25, 0.3) is 0 Å². The summed E-state index contributed by atoms with van der Waals surface area (Å²) in [5.74, 6) is 0. The van der Waals surface area contributed by atoms with Crippen molar-refractivity contribution in [3.8, 4) is 0 Å². The molecule has 0 aromatic carbocycles. The summed E-state index contributed by atoms with van der Waals surface area (Å²) in [7, 11) is 1.08. The summed E-state index contributed by atoms with van der Waals surface area (Å²) in [6.07, 6.45) is 0. The van der Waals surface area contributed by atoms with Gasteiger partial charge in [0.1, 0.15) is 0 Å². The van der Waals surface area contributed by atoms with E-state index in [1.165, 1.54) is 0 Å². The van der Waals surface area contributed by atoms with Crippen molar-refractivity contribution in [1.82, 2.24) is 0 Å². The van der Waals surface area contributed by atoms with E-state index in [9.17, 15) is 0 Å². The van der Waals surface area contributed by atoms with E-state index in [2.05, 4.69) is 27.9 Å². The molecule has 0 fully saturated rings. The minimum atomic E-state index is -0.543. The van der Waals surface area contributed by atoms with Crippen molar-refractivity contribution in [3.05, 3.63) is 0 Å². The third-order valence-electron chi connectivity index (χ3n) is 0. The first-order chi connectivity index (χ1) is 3.15. The van der Waals surface area contributed by atoms with E-state index in [4.69, 9.17) is 0 Å². The molecule has 0 aliphatic heterocycles. The summed E-state index contributed by atoms with van der Waals surface area (Å²) in [4.78, 5) is 7.09. The molecule has 0 aliphatic rings. The molecule has 0 atom stereocenters. The molecule has 0 nitrogen and oxygen atoms in total. The molecule has 3 radical (unpaired) electrons. The normalized spacial score (nSPS) is 7.71. The zero-order chi connectivity index (χ0) is 6.28. The van der Waals surface area contributed by atoms with Gasteiger partial charge >= 0.3 is 34.6 Å². The molecule has 0 N–H and O–H groups in total. The molecule has 2 heteroatoms. The van der Waals surface area contributed by atoms with E-state index in [0.29, 0.717) is 0 Å². The van der Waals surface area contributed by atoms with Gasteiger partial charge in [-0.1, -0.05) is 13.1 Å². The second-order valence-electron chi connectivity index (χ2n) is 2.00. The van der Waals surface area contributed by atoms with Gasteiger partial charge in [0, 0.05) is 9.52 Å². The predicted octanol–water partition coefficient (Wildman–Crippen LogP) is 2.16. The SMILES string of the molecule is C[Si]C.[CH3][Sn]([CH3])[CH3]. The summed E-state index contributed by atoms with van der Waals surface area (Å²) < 4.78 is 0. The Balaban J connectivity index is 0. The Morgan fingerprint density at radius 2 is 1.00 bits per heavy atom. The summed E-state index contributed by atoms with van der Waals surface area (Å²) in [5.41, 5.74) is 0. The van der Waals surface area contributed by atoms with Gasteiger partial charge in [-0.3, -0.25) is 0 Å². The van der Waals surface area contributed by atoms with Crippen LogP contribution >= 0.6 is 0 Å². The quantitative estimate of drug-likeness (QED) is 0.551. The number of rotatable bonds is 0. The van der Waals surface area contributed by atoms with Crippen LogP contribution in [0.2, 0.25) is 27.9 Å². The van der Waals surface area contributed by atoms with Crippen molar-refractivity contribution in [2.45, 2.75) is 27.9 Å². The van der Waals surface area contributed by atoms with Crippen LogP contribution < -0.4 is 0 Å². The Labute approximate surface area is 57.3 Å². The standard InChI is InChI=1S/C2H6Si.3CH3.Sn/c1-3-2;;;;/h1-2H3;3*1H3;. The summed E-state index contributed by atoms with van der Waals surface area (Å²) in [5, 5.41) is 0. The Hall–Kier alpha value is 1.02. The fourth-order valence-electron chi connectivity index (χ4n) is 0. The van der Waals surface area contributed by atoms with Crippen LogP contribution in [0, 0.1) is 0 Å². The van der Waals surface area contributed by atoms with Crippen molar-refractivity contribution in [3.63, 3.8) is 0 Å². The molecular formula is C5H15SiSn. The van der Waals surface area contributed by atoms with E-state index in [-0.39, 0.29) is 0 Å². The Kier molecular flexibility index (Phi) is 15.7. The van der Waals surface area contributed by atoms with Crippen LogP contribution in [0.25, 0.3) is 0 Å². The molecule has 0 saturated carbocycles. The van der Waals surface area contributed by atoms with E-state index in [0.717, 1.165) is 9.52 Å². The average molecular weight is 222 g/mol.